The average Bonchev–Trinajstić information content (AvgIpc) is 3.40. The molecule has 1 aromatic carbocycles. The van der Waals surface area contributed by atoms with Crippen LogP contribution in [0.15, 0.2) is 35.0 Å². The maximum atomic E-state index is 12.2. The fraction of sp³-hybridized carbons (Fsp3) is 0.222. The molecule has 6 nitrogen and oxygen atoms in total. The monoisotopic (exact) mass is 495 g/mol. The maximum absolute atomic E-state index is 12.2. The summed E-state index contributed by atoms with van der Waals surface area (Å²) < 4.78 is 12.9. The van der Waals surface area contributed by atoms with Crippen molar-refractivity contribution in [3.63, 3.8) is 0 Å². The first-order valence-electron chi connectivity index (χ1n) is 8.37. The van der Waals surface area contributed by atoms with E-state index in [1.54, 1.807) is 23.0 Å². The van der Waals surface area contributed by atoms with Gasteiger partial charge in [-0.1, -0.05) is 58.0 Å². The summed E-state index contributed by atoms with van der Waals surface area (Å²) >= 11 is 30.2. The van der Waals surface area contributed by atoms with Crippen LogP contribution in [0.4, 0.5) is 0 Å². The molecule has 1 N–H and O–H groups in total. The number of amides is 1. The molecule has 11 heteroatoms. The Morgan fingerprint density at radius 3 is 2.41 bits per heavy atom. The molecular formula is C18H14Cl5N3O3. The first kappa shape index (κ1) is 22.1. The smallest absolute Gasteiger partial charge is 0.286 e. The quantitative estimate of drug-likeness (QED) is 0.231. The average molecular weight is 498 g/mol. The van der Waals surface area contributed by atoms with Gasteiger partial charge in [0.15, 0.2) is 11.5 Å². The number of aromatic nitrogens is 2. The zero-order valence-corrected chi connectivity index (χ0v) is 18.5. The van der Waals surface area contributed by atoms with Gasteiger partial charge in [-0.05, 0) is 24.6 Å². The van der Waals surface area contributed by atoms with Crippen LogP contribution in [-0.2, 0) is 13.2 Å². The van der Waals surface area contributed by atoms with E-state index in [1.807, 2.05) is 12.3 Å². The Labute approximate surface area is 191 Å². The van der Waals surface area contributed by atoms with Gasteiger partial charge in [-0.25, -0.2) is 0 Å². The minimum absolute atomic E-state index is 0.0346. The van der Waals surface area contributed by atoms with Gasteiger partial charge in [-0.15, -0.1) is 0 Å². The second-order valence-electron chi connectivity index (χ2n) is 5.83. The van der Waals surface area contributed by atoms with Crippen molar-refractivity contribution in [2.45, 2.75) is 19.6 Å². The summed E-state index contributed by atoms with van der Waals surface area (Å²) in [5.41, 5.74) is 0. The van der Waals surface area contributed by atoms with Gasteiger partial charge in [0, 0.05) is 25.5 Å². The van der Waals surface area contributed by atoms with E-state index in [0.29, 0.717) is 18.8 Å². The first-order chi connectivity index (χ1) is 13.9. The number of hydrogen-bond acceptors (Lipinski definition) is 4. The van der Waals surface area contributed by atoms with Crippen LogP contribution in [0.2, 0.25) is 25.1 Å². The summed E-state index contributed by atoms with van der Waals surface area (Å²) in [6.07, 6.45) is 4.30. The second kappa shape index (κ2) is 9.96. The van der Waals surface area contributed by atoms with E-state index in [4.69, 9.17) is 67.2 Å². The Balaban J connectivity index is 1.54. The molecule has 3 aromatic rings. The Morgan fingerprint density at radius 2 is 1.76 bits per heavy atom. The SMILES string of the molecule is O=C(NCCCn1cccn1)c1ccc(COc2c(Cl)c(Cl)c(Cl)c(Cl)c2Cl)o1. The highest BCUT2D eigenvalue weighted by atomic mass is 35.5. The molecule has 2 heterocycles. The lowest BCUT2D eigenvalue weighted by Crippen LogP contribution is -2.24. The van der Waals surface area contributed by atoms with Crippen molar-refractivity contribution in [1.82, 2.24) is 15.1 Å². The number of carbonyl (C=O) groups excluding carboxylic acids is 1. The first-order valence-corrected chi connectivity index (χ1v) is 10.3. The standard InChI is InChI=1S/C18H14Cl5N3O3/c19-12-13(20)15(22)17(16(23)14(12)21)28-9-10-3-4-11(29-10)18(27)24-5-1-7-26-8-2-6-25-26/h2-4,6,8H,1,5,7,9H2,(H,24,27). The molecule has 0 spiro atoms. The van der Waals surface area contributed by atoms with Gasteiger partial charge in [0.05, 0.1) is 15.1 Å². The van der Waals surface area contributed by atoms with Crippen LogP contribution in [0.1, 0.15) is 22.7 Å². The highest BCUT2D eigenvalue weighted by Gasteiger charge is 2.21. The van der Waals surface area contributed by atoms with Crippen molar-refractivity contribution in [3.05, 3.63) is 67.2 Å². The van der Waals surface area contributed by atoms with Crippen molar-refractivity contribution in [2.24, 2.45) is 0 Å². The van der Waals surface area contributed by atoms with Crippen molar-refractivity contribution in [2.75, 3.05) is 6.54 Å². The fourth-order valence-electron chi connectivity index (χ4n) is 2.40. The van der Waals surface area contributed by atoms with E-state index in [9.17, 15) is 4.79 Å². The molecular weight excluding hydrogens is 483 g/mol. The lowest BCUT2D eigenvalue weighted by molar-refractivity contribution is 0.0921. The molecule has 0 aliphatic rings. The molecule has 29 heavy (non-hydrogen) atoms. The third-order valence-corrected chi connectivity index (χ3v) is 6.06. The lowest BCUT2D eigenvalue weighted by atomic mass is 10.3. The van der Waals surface area contributed by atoms with Crippen molar-refractivity contribution in [3.8, 4) is 5.75 Å². The minimum Gasteiger partial charge on any atom is -0.482 e. The minimum atomic E-state index is -0.328. The van der Waals surface area contributed by atoms with Crippen LogP contribution in [0.25, 0.3) is 0 Å². The van der Waals surface area contributed by atoms with E-state index in [-0.39, 0.29) is 49.1 Å². The molecule has 0 radical (unpaired) electrons. The van der Waals surface area contributed by atoms with Crippen molar-refractivity contribution in [1.29, 1.82) is 0 Å². The van der Waals surface area contributed by atoms with Crippen LogP contribution >= 0.6 is 58.0 Å². The zero-order valence-electron chi connectivity index (χ0n) is 14.7. The summed E-state index contributed by atoms with van der Waals surface area (Å²) in [7, 11) is 0. The molecule has 0 aliphatic carbocycles. The third kappa shape index (κ3) is 5.32. The zero-order chi connectivity index (χ0) is 21.0. The van der Waals surface area contributed by atoms with Crippen LogP contribution in [0, 0.1) is 0 Å². The summed E-state index contributed by atoms with van der Waals surface area (Å²) in [4.78, 5) is 12.2. The van der Waals surface area contributed by atoms with E-state index in [1.165, 1.54) is 0 Å². The van der Waals surface area contributed by atoms with Gasteiger partial charge in [-0.2, -0.15) is 5.10 Å². The normalized spacial score (nSPS) is 10.9. The van der Waals surface area contributed by atoms with Crippen LogP contribution in [-0.4, -0.2) is 22.2 Å². The lowest BCUT2D eigenvalue weighted by Gasteiger charge is -2.12. The molecule has 3 rings (SSSR count). The van der Waals surface area contributed by atoms with Gasteiger partial charge in [0.1, 0.15) is 22.4 Å². The van der Waals surface area contributed by atoms with Gasteiger partial charge in [-0.3, -0.25) is 9.48 Å². The molecule has 0 saturated carbocycles. The Kier molecular flexibility index (Phi) is 7.60. The molecule has 0 saturated heterocycles. The number of aryl methyl sites for hydroxylation is 1. The molecule has 0 unspecified atom stereocenters. The van der Waals surface area contributed by atoms with Crippen LogP contribution in [0.5, 0.6) is 5.75 Å². The maximum Gasteiger partial charge on any atom is 0.286 e. The Bertz CT molecular complexity index is 976. The number of rotatable bonds is 8. The molecule has 0 atom stereocenters. The number of carbonyl (C=O) groups is 1. The summed E-state index contributed by atoms with van der Waals surface area (Å²) in [5.74, 6) is 0.298. The van der Waals surface area contributed by atoms with Crippen LogP contribution in [0.3, 0.4) is 0 Å². The predicted octanol–water partition coefficient (Wildman–Crippen LogP) is 6.14. The molecule has 2 aromatic heterocycles. The summed E-state index contributed by atoms with van der Waals surface area (Å²) in [5, 5.41) is 7.06. The molecule has 0 aliphatic heterocycles. The Hall–Kier alpha value is -1.57. The number of halogens is 5. The summed E-state index contributed by atoms with van der Waals surface area (Å²) in [6.45, 7) is 1.15. The Morgan fingerprint density at radius 1 is 1.07 bits per heavy atom. The molecule has 0 fully saturated rings. The van der Waals surface area contributed by atoms with Gasteiger partial charge in [0.25, 0.3) is 5.91 Å². The highest BCUT2D eigenvalue weighted by molar-refractivity contribution is 6.55. The largest absolute Gasteiger partial charge is 0.482 e. The number of benzene rings is 1. The van der Waals surface area contributed by atoms with E-state index in [0.717, 1.165) is 6.42 Å². The number of furan rings is 1. The van der Waals surface area contributed by atoms with Crippen LogP contribution < -0.4 is 10.1 Å². The molecule has 154 valence electrons. The second-order valence-corrected chi connectivity index (χ2v) is 7.72. The van der Waals surface area contributed by atoms with Gasteiger partial charge in [0.2, 0.25) is 0 Å². The number of ether oxygens (including phenoxy) is 1. The fourth-order valence-corrected chi connectivity index (χ4v) is 3.63. The van der Waals surface area contributed by atoms with Crippen molar-refractivity contribution >= 4 is 63.9 Å². The molecule has 1 amide bonds. The number of hydrogen-bond donors (Lipinski definition) is 1. The van der Waals surface area contributed by atoms with Gasteiger partial charge < -0.3 is 14.5 Å². The predicted molar refractivity (Wildman–Crippen MR) is 114 cm³/mol. The number of nitrogens with zero attached hydrogens (tertiary/aromatic N) is 2. The summed E-state index contributed by atoms with van der Waals surface area (Å²) in [6, 6.07) is 5.00. The van der Waals surface area contributed by atoms with E-state index < -0.39 is 0 Å². The van der Waals surface area contributed by atoms with Gasteiger partial charge >= 0.3 is 0 Å². The third-order valence-electron chi connectivity index (χ3n) is 3.82. The van der Waals surface area contributed by atoms with E-state index in [2.05, 4.69) is 10.4 Å². The number of nitrogens with one attached hydrogen (secondary N) is 1. The molecule has 0 bridgehead atoms. The topological polar surface area (TPSA) is 69.3 Å². The van der Waals surface area contributed by atoms with Crippen molar-refractivity contribution < 1.29 is 13.9 Å². The van der Waals surface area contributed by atoms with E-state index >= 15 is 0 Å². The highest BCUT2D eigenvalue weighted by Crippen LogP contribution is 2.48.